The number of nitrogens with zero attached hydrogens (tertiary/aromatic N) is 1. The molecule has 0 bridgehead atoms. The Kier molecular flexibility index (Phi) is 7.75. The third-order valence-electron chi connectivity index (χ3n) is 4.92. The van der Waals surface area contributed by atoms with Crippen LogP contribution in [-0.2, 0) is 17.9 Å². The number of urea groups is 1. The van der Waals surface area contributed by atoms with Crippen LogP contribution in [0.2, 0.25) is 20.1 Å². The summed E-state index contributed by atoms with van der Waals surface area (Å²) in [5.74, 6) is -0.157. The molecule has 1 fully saturated rings. The summed E-state index contributed by atoms with van der Waals surface area (Å²) >= 11 is 28.1. The number of hydrogen-bond acceptors (Lipinski definition) is 3. The molecule has 0 radical (unpaired) electrons. The van der Waals surface area contributed by atoms with Crippen molar-refractivity contribution in [2.75, 3.05) is 0 Å². The fraction of sp³-hybridized carbons (Fsp3) is 0.0833. The molecular weight excluding hydrogens is 586 g/mol. The minimum absolute atomic E-state index is 0.124. The lowest BCUT2D eigenvalue weighted by atomic mass is 10.1. The lowest BCUT2D eigenvalue weighted by molar-refractivity contribution is -0.123. The van der Waals surface area contributed by atoms with Gasteiger partial charge in [-0.05, 0) is 59.2 Å². The van der Waals surface area contributed by atoms with Gasteiger partial charge < -0.3 is 10.1 Å². The molecule has 34 heavy (non-hydrogen) atoms. The first-order chi connectivity index (χ1) is 16.2. The summed E-state index contributed by atoms with van der Waals surface area (Å²) in [6.07, 6.45) is 1.52. The molecule has 174 valence electrons. The molecule has 0 spiro atoms. The van der Waals surface area contributed by atoms with E-state index in [1.165, 1.54) is 6.08 Å². The van der Waals surface area contributed by atoms with Gasteiger partial charge in [0.25, 0.3) is 5.91 Å². The number of amides is 3. The van der Waals surface area contributed by atoms with Crippen LogP contribution in [0.3, 0.4) is 0 Å². The number of benzene rings is 3. The SMILES string of the molecule is O=C1N/C(=C/c2cc(Cl)c(OCc3ccc(Cl)c(Cl)c3)c(Cl)c2)C(=O)N1Cc1ccc(Br)cc1. The van der Waals surface area contributed by atoms with E-state index in [2.05, 4.69) is 21.2 Å². The molecule has 3 aromatic rings. The van der Waals surface area contributed by atoms with Crippen LogP contribution in [0.15, 0.2) is 64.8 Å². The molecular formula is C24H15BrCl4N2O3. The number of imide groups is 1. The highest BCUT2D eigenvalue weighted by Gasteiger charge is 2.33. The first kappa shape index (κ1) is 24.9. The van der Waals surface area contributed by atoms with E-state index in [-0.39, 0.29) is 34.6 Å². The molecule has 1 heterocycles. The van der Waals surface area contributed by atoms with E-state index in [4.69, 9.17) is 51.1 Å². The third kappa shape index (κ3) is 5.70. The maximum Gasteiger partial charge on any atom is 0.329 e. The molecule has 0 atom stereocenters. The Morgan fingerprint density at radius 1 is 0.853 bits per heavy atom. The molecule has 5 nitrogen and oxygen atoms in total. The lowest BCUT2D eigenvalue weighted by Crippen LogP contribution is -2.30. The quantitative estimate of drug-likeness (QED) is 0.233. The summed E-state index contributed by atoms with van der Waals surface area (Å²) in [6.45, 7) is 0.328. The van der Waals surface area contributed by atoms with E-state index in [0.717, 1.165) is 20.5 Å². The minimum atomic E-state index is -0.502. The predicted molar refractivity (Wildman–Crippen MR) is 138 cm³/mol. The van der Waals surface area contributed by atoms with Crippen LogP contribution in [0, 0.1) is 0 Å². The van der Waals surface area contributed by atoms with Crippen molar-refractivity contribution in [1.29, 1.82) is 0 Å². The van der Waals surface area contributed by atoms with Crippen molar-refractivity contribution in [3.8, 4) is 5.75 Å². The second kappa shape index (κ2) is 10.6. The topological polar surface area (TPSA) is 58.6 Å². The van der Waals surface area contributed by atoms with Gasteiger partial charge in [-0.3, -0.25) is 9.69 Å². The summed E-state index contributed by atoms with van der Waals surface area (Å²) in [5, 5.41) is 3.96. The number of rotatable bonds is 6. The van der Waals surface area contributed by atoms with Gasteiger partial charge in [0.2, 0.25) is 0 Å². The van der Waals surface area contributed by atoms with Crippen molar-refractivity contribution in [2.24, 2.45) is 0 Å². The Hall–Kier alpha value is -2.22. The maximum atomic E-state index is 12.8. The molecule has 10 heteroatoms. The third-order valence-corrected chi connectivity index (χ3v) is 6.74. The molecule has 1 saturated heterocycles. The van der Waals surface area contributed by atoms with Crippen molar-refractivity contribution in [2.45, 2.75) is 13.2 Å². The van der Waals surface area contributed by atoms with Gasteiger partial charge in [-0.15, -0.1) is 0 Å². The van der Waals surface area contributed by atoms with Crippen molar-refractivity contribution < 1.29 is 14.3 Å². The van der Waals surface area contributed by atoms with Gasteiger partial charge in [0.1, 0.15) is 12.3 Å². The van der Waals surface area contributed by atoms with Gasteiger partial charge >= 0.3 is 6.03 Å². The predicted octanol–water partition coefficient (Wildman–Crippen LogP) is 7.73. The van der Waals surface area contributed by atoms with E-state index in [1.54, 1.807) is 30.3 Å². The molecule has 0 saturated carbocycles. The number of nitrogens with one attached hydrogen (secondary N) is 1. The van der Waals surface area contributed by atoms with Crippen molar-refractivity contribution >= 4 is 80.3 Å². The van der Waals surface area contributed by atoms with Gasteiger partial charge in [0.05, 0.1) is 26.6 Å². The highest BCUT2D eigenvalue weighted by Crippen LogP contribution is 2.36. The van der Waals surface area contributed by atoms with Crippen LogP contribution < -0.4 is 10.1 Å². The Morgan fingerprint density at radius 3 is 2.15 bits per heavy atom. The number of carbonyl (C=O) groups is 2. The average Bonchev–Trinajstić information content (AvgIpc) is 3.04. The molecule has 0 aliphatic carbocycles. The van der Waals surface area contributed by atoms with E-state index < -0.39 is 11.9 Å². The van der Waals surface area contributed by atoms with Crippen molar-refractivity contribution in [1.82, 2.24) is 10.2 Å². The highest BCUT2D eigenvalue weighted by molar-refractivity contribution is 9.10. The Bertz CT molecular complexity index is 1290. The van der Waals surface area contributed by atoms with Crippen LogP contribution in [0.25, 0.3) is 6.08 Å². The summed E-state index contributed by atoms with van der Waals surface area (Å²) in [4.78, 5) is 26.3. The van der Waals surface area contributed by atoms with E-state index in [9.17, 15) is 9.59 Å². The van der Waals surface area contributed by atoms with Crippen LogP contribution >= 0.6 is 62.3 Å². The van der Waals surface area contributed by atoms with Gasteiger partial charge in [-0.1, -0.05) is 80.5 Å². The molecule has 0 unspecified atom stereocenters. The average molecular weight is 601 g/mol. The Morgan fingerprint density at radius 2 is 1.50 bits per heavy atom. The normalized spacial score (nSPS) is 14.6. The van der Waals surface area contributed by atoms with Gasteiger partial charge in [0, 0.05) is 4.47 Å². The number of hydrogen-bond donors (Lipinski definition) is 1. The zero-order valence-electron chi connectivity index (χ0n) is 17.2. The zero-order chi connectivity index (χ0) is 24.4. The second-order valence-corrected chi connectivity index (χ2v) is 9.90. The lowest BCUT2D eigenvalue weighted by Gasteiger charge is -2.12. The molecule has 3 amide bonds. The van der Waals surface area contributed by atoms with Crippen LogP contribution in [-0.4, -0.2) is 16.8 Å². The Labute approximate surface area is 224 Å². The van der Waals surface area contributed by atoms with E-state index in [1.807, 2.05) is 24.3 Å². The summed E-state index contributed by atoms with van der Waals surface area (Å²) < 4.78 is 6.68. The van der Waals surface area contributed by atoms with Crippen molar-refractivity contribution in [3.63, 3.8) is 0 Å². The summed E-state index contributed by atoms with van der Waals surface area (Å²) in [5.41, 5.74) is 2.27. The maximum absolute atomic E-state index is 12.8. The fourth-order valence-corrected chi connectivity index (χ4v) is 4.44. The van der Waals surface area contributed by atoms with Crippen LogP contribution in [0.4, 0.5) is 4.79 Å². The van der Waals surface area contributed by atoms with Gasteiger partial charge in [-0.25, -0.2) is 4.79 Å². The zero-order valence-corrected chi connectivity index (χ0v) is 21.9. The van der Waals surface area contributed by atoms with Crippen LogP contribution in [0.1, 0.15) is 16.7 Å². The summed E-state index contributed by atoms with van der Waals surface area (Å²) in [6, 6.07) is 15.2. The monoisotopic (exact) mass is 598 g/mol. The van der Waals surface area contributed by atoms with E-state index >= 15 is 0 Å². The first-order valence-corrected chi connectivity index (χ1v) is 12.2. The largest absolute Gasteiger partial charge is 0.486 e. The van der Waals surface area contributed by atoms with Crippen LogP contribution in [0.5, 0.6) is 5.75 Å². The van der Waals surface area contributed by atoms with Gasteiger partial charge in [0.15, 0.2) is 5.75 Å². The highest BCUT2D eigenvalue weighted by atomic mass is 79.9. The Balaban J connectivity index is 1.49. The second-order valence-electron chi connectivity index (χ2n) is 7.36. The van der Waals surface area contributed by atoms with E-state index in [0.29, 0.717) is 15.6 Å². The van der Waals surface area contributed by atoms with Gasteiger partial charge in [-0.2, -0.15) is 0 Å². The number of ether oxygens (including phenoxy) is 1. The standard InChI is InChI=1S/C24H15BrCl4N2O3/c25-16-4-1-13(2-5-16)11-31-23(32)21(30-24(31)33)10-15-8-19(28)22(20(29)9-15)34-12-14-3-6-17(26)18(27)7-14/h1-10H,11-12H2,(H,30,33)/b21-10+. The molecule has 1 aliphatic rings. The molecule has 1 aliphatic heterocycles. The molecule has 3 aromatic carbocycles. The minimum Gasteiger partial charge on any atom is -0.486 e. The fourth-order valence-electron chi connectivity index (χ4n) is 3.24. The molecule has 0 aromatic heterocycles. The smallest absolute Gasteiger partial charge is 0.329 e. The molecule has 1 N–H and O–H groups in total. The summed E-state index contributed by atoms with van der Waals surface area (Å²) in [7, 11) is 0. The number of carbonyl (C=O) groups excluding carboxylic acids is 2. The molecule has 4 rings (SSSR count). The first-order valence-electron chi connectivity index (χ1n) is 9.86. The van der Waals surface area contributed by atoms with Crippen molar-refractivity contribution in [3.05, 3.63) is 102 Å². The number of halogens is 5.